The highest BCUT2D eigenvalue weighted by molar-refractivity contribution is 7.98. The smallest absolute Gasteiger partial charge is 0.240 e. The van der Waals surface area contributed by atoms with Crippen molar-refractivity contribution in [2.24, 2.45) is 0 Å². The Balaban J connectivity index is 1.80. The van der Waals surface area contributed by atoms with Gasteiger partial charge in [-0.1, -0.05) is 23.7 Å². The average Bonchev–Trinajstić information content (AvgIpc) is 2.61. The molecule has 0 aliphatic carbocycles. The second kappa shape index (κ2) is 9.96. The summed E-state index contributed by atoms with van der Waals surface area (Å²) in [6.45, 7) is 0.0599. The maximum Gasteiger partial charge on any atom is 0.240 e. The summed E-state index contributed by atoms with van der Waals surface area (Å²) in [5.74, 6) is 0.577. The van der Waals surface area contributed by atoms with Gasteiger partial charge in [0, 0.05) is 23.1 Å². The zero-order valence-electron chi connectivity index (χ0n) is 14.7. The summed E-state index contributed by atoms with van der Waals surface area (Å²) in [5.41, 5.74) is 1.38. The first-order chi connectivity index (χ1) is 12.8. The van der Waals surface area contributed by atoms with Gasteiger partial charge >= 0.3 is 0 Å². The summed E-state index contributed by atoms with van der Waals surface area (Å²) < 4.78 is 37.9. The van der Waals surface area contributed by atoms with E-state index in [0.717, 1.165) is 34.0 Å². The lowest BCUT2D eigenvalue weighted by Gasteiger charge is -2.21. The molecule has 0 heterocycles. The Kier molecular flexibility index (Phi) is 7.94. The number of halogens is 2. The van der Waals surface area contributed by atoms with Crippen LogP contribution in [0, 0.1) is 5.82 Å². The number of rotatable bonds is 9. The number of carbonyl (C=O) groups is 1. The standard InChI is InChI=1S/C18H20ClFN2O3S2/c1-27(24,25)22(17-8-6-16(20)7-9-17)12-18(23)21-10-11-26-13-14-2-4-15(19)5-3-14/h2-9H,10-13H2,1H3,(H,21,23). The van der Waals surface area contributed by atoms with Crippen LogP contribution in [0.25, 0.3) is 0 Å². The van der Waals surface area contributed by atoms with Gasteiger partial charge in [0.15, 0.2) is 0 Å². The molecule has 0 radical (unpaired) electrons. The van der Waals surface area contributed by atoms with Crippen molar-refractivity contribution in [2.45, 2.75) is 5.75 Å². The predicted molar refractivity (Wildman–Crippen MR) is 109 cm³/mol. The third-order valence-corrected chi connectivity index (χ3v) is 5.98. The molecule has 0 saturated carbocycles. The number of hydrogen-bond donors (Lipinski definition) is 1. The van der Waals surface area contributed by atoms with Gasteiger partial charge in [0.25, 0.3) is 0 Å². The molecule has 1 N–H and O–H groups in total. The average molecular weight is 431 g/mol. The number of nitrogens with one attached hydrogen (secondary N) is 1. The number of nitrogens with zero attached hydrogens (tertiary/aromatic N) is 1. The predicted octanol–water partition coefficient (Wildman–Crippen LogP) is 3.29. The highest BCUT2D eigenvalue weighted by Gasteiger charge is 2.20. The lowest BCUT2D eigenvalue weighted by molar-refractivity contribution is -0.119. The van der Waals surface area contributed by atoms with E-state index in [4.69, 9.17) is 11.6 Å². The van der Waals surface area contributed by atoms with Crippen LogP contribution in [-0.2, 0) is 20.6 Å². The van der Waals surface area contributed by atoms with Crippen LogP contribution in [-0.4, -0.2) is 39.4 Å². The van der Waals surface area contributed by atoms with Gasteiger partial charge in [0.1, 0.15) is 12.4 Å². The van der Waals surface area contributed by atoms with Crippen LogP contribution in [0.5, 0.6) is 0 Å². The highest BCUT2D eigenvalue weighted by Crippen LogP contribution is 2.18. The van der Waals surface area contributed by atoms with Gasteiger partial charge in [-0.15, -0.1) is 0 Å². The minimum absolute atomic E-state index is 0.242. The minimum Gasteiger partial charge on any atom is -0.354 e. The van der Waals surface area contributed by atoms with E-state index >= 15 is 0 Å². The second-order valence-corrected chi connectivity index (χ2v) is 9.22. The first kappa shape index (κ1) is 21.5. The van der Waals surface area contributed by atoms with Gasteiger partial charge in [-0.3, -0.25) is 9.10 Å². The van der Waals surface area contributed by atoms with E-state index in [0.29, 0.717) is 17.3 Å². The summed E-state index contributed by atoms with van der Waals surface area (Å²) in [6.07, 6.45) is 1.01. The minimum atomic E-state index is -3.67. The molecule has 0 bridgehead atoms. The van der Waals surface area contributed by atoms with Crippen LogP contribution in [0.2, 0.25) is 5.02 Å². The molecule has 0 spiro atoms. The Bertz CT molecular complexity index is 859. The molecule has 2 aromatic rings. The van der Waals surface area contributed by atoms with Gasteiger partial charge in [-0.25, -0.2) is 12.8 Å². The van der Waals surface area contributed by atoms with E-state index in [-0.39, 0.29) is 12.2 Å². The van der Waals surface area contributed by atoms with E-state index < -0.39 is 21.7 Å². The Morgan fingerprint density at radius 2 is 1.78 bits per heavy atom. The SMILES string of the molecule is CS(=O)(=O)N(CC(=O)NCCSCc1ccc(Cl)cc1)c1ccc(F)cc1. The first-order valence-corrected chi connectivity index (χ1v) is 11.5. The molecule has 0 saturated heterocycles. The lowest BCUT2D eigenvalue weighted by atomic mass is 10.2. The summed E-state index contributed by atoms with van der Waals surface area (Å²) in [6, 6.07) is 12.5. The van der Waals surface area contributed by atoms with E-state index in [1.807, 2.05) is 24.3 Å². The van der Waals surface area contributed by atoms with E-state index in [9.17, 15) is 17.6 Å². The molecule has 0 atom stereocenters. The van der Waals surface area contributed by atoms with Crippen molar-refractivity contribution in [3.8, 4) is 0 Å². The topological polar surface area (TPSA) is 66.5 Å². The normalized spacial score (nSPS) is 11.2. The maximum absolute atomic E-state index is 13.0. The van der Waals surface area contributed by atoms with Crippen molar-refractivity contribution < 1.29 is 17.6 Å². The van der Waals surface area contributed by atoms with Crippen molar-refractivity contribution in [3.63, 3.8) is 0 Å². The lowest BCUT2D eigenvalue weighted by Crippen LogP contribution is -2.41. The molecule has 2 aromatic carbocycles. The number of sulfonamides is 1. The fourth-order valence-corrected chi connectivity index (χ4v) is 4.03. The van der Waals surface area contributed by atoms with E-state index in [2.05, 4.69) is 5.32 Å². The number of hydrogen-bond acceptors (Lipinski definition) is 4. The molecule has 0 unspecified atom stereocenters. The number of anilines is 1. The van der Waals surface area contributed by atoms with Gasteiger partial charge in [-0.05, 0) is 42.0 Å². The zero-order chi connectivity index (χ0) is 19.9. The second-order valence-electron chi connectivity index (χ2n) is 5.78. The van der Waals surface area contributed by atoms with Gasteiger partial charge in [0.2, 0.25) is 15.9 Å². The first-order valence-electron chi connectivity index (χ1n) is 8.08. The van der Waals surface area contributed by atoms with Crippen molar-refractivity contribution in [1.29, 1.82) is 0 Å². The van der Waals surface area contributed by atoms with Crippen LogP contribution in [0.1, 0.15) is 5.56 Å². The molecular weight excluding hydrogens is 411 g/mol. The maximum atomic E-state index is 13.0. The molecule has 146 valence electrons. The highest BCUT2D eigenvalue weighted by atomic mass is 35.5. The van der Waals surface area contributed by atoms with Crippen LogP contribution < -0.4 is 9.62 Å². The van der Waals surface area contributed by atoms with Gasteiger partial charge in [0.05, 0.1) is 11.9 Å². The Morgan fingerprint density at radius 1 is 1.15 bits per heavy atom. The zero-order valence-corrected chi connectivity index (χ0v) is 17.1. The van der Waals surface area contributed by atoms with Crippen molar-refractivity contribution in [3.05, 3.63) is 64.9 Å². The van der Waals surface area contributed by atoms with Crippen LogP contribution in [0.4, 0.5) is 10.1 Å². The molecule has 0 aliphatic heterocycles. The fraction of sp³-hybridized carbons (Fsp3) is 0.278. The quantitative estimate of drug-likeness (QED) is 0.620. The molecule has 2 rings (SSSR count). The molecule has 0 fully saturated rings. The van der Waals surface area contributed by atoms with Crippen LogP contribution >= 0.6 is 23.4 Å². The number of benzene rings is 2. The number of carbonyl (C=O) groups excluding carboxylic acids is 1. The third kappa shape index (κ3) is 7.40. The van der Waals surface area contributed by atoms with Crippen LogP contribution in [0.3, 0.4) is 0 Å². The molecule has 1 amide bonds. The molecule has 27 heavy (non-hydrogen) atoms. The molecule has 0 aromatic heterocycles. The van der Waals surface area contributed by atoms with Gasteiger partial charge in [-0.2, -0.15) is 11.8 Å². The molecule has 9 heteroatoms. The largest absolute Gasteiger partial charge is 0.354 e. The Morgan fingerprint density at radius 3 is 2.37 bits per heavy atom. The number of amides is 1. The van der Waals surface area contributed by atoms with Crippen molar-refractivity contribution in [2.75, 3.05) is 29.4 Å². The Labute approximate surface area is 168 Å². The summed E-state index contributed by atoms with van der Waals surface area (Å²) in [7, 11) is -3.67. The molecule has 0 aliphatic rings. The third-order valence-electron chi connectivity index (χ3n) is 3.55. The van der Waals surface area contributed by atoms with Crippen LogP contribution in [0.15, 0.2) is 48.5 Å². The van der Waals surface area contributed by atoms with Crippen molar-refractivity contribution >= 4 is 45.0 Å². The van der Waals surface area contributed by atoms with Gasteiger partial charge < -0.3 is 5.32 Å². The van der Waals surface area contributed by atoms with Crippen molar-refractivity contribution in [1.82, 2.24) is 5.32 Å². The van der Waals surface area contributed by atoms with E-state index in [1.165, 1.54) is 12.1 Å². The fourth-order valence-electron chi connectivity index (χ4n) is 2.23. The molecular formula is C18H20ClFN2O3S2. The summed E-state index contributed by atoms with van der Waals surface area (Å²) in [4.78, 5) is 12.1. The monoisotopic (exact) mass is 430 g/mol. The summed E-state index contributed by atoms with van der Waals surface area (Å²) >= 11 is 7.48. The van der Waals surface area contributed by atoms with E-state index in [1.54, 1.807) is 11.8 Å². The summed E-state index contributed by atoms with van der Waals surface area (Å²) in [5, 5.41) is 3.39. The number of thioether (sulfide) groups is 1. The molecule has 5 nitrogen and oxygen atoms in total. The Hall–Kier alpha value is -1.77.